The van der Waals surface area contributed by atoms with Crippen molar-refractivity contribution in [1.82, 2.24) is 14.6 Å². The summed E-state index contributed by atoms with van der Waals surface area (Å²) >= 11 is 1.05. The van der Waals surface area contributed by atoms with Crippen LogP contribution in [0.5, 0.6) is 5.75 Å². The van der Waals surface area contributed by atoms with Crippen LogP contribution in [-0.4, -0.2) is 55.5 Å². The molecule has 0 spiro atoms. The molecule has 1 aromatic heterocycles. The SMILES string of the molecule is CC(C)SC(=O)[C@H](C)NP(=O)(OC[C@H]1O[C@@H](n2ccc(=O)[nH]c2=O)[C@](C)(F)[C@@H]1O)Oc1ccc(C#CC2CC2)cc1. The molecule has 2 aliphatic rings. The lowest BCUT2D eigenvalue weighted by Gasteiger charge is -2.25. The zero-order valence-electron chi connectivity index (χ0n) is 23.0. The standard InChI is InChI=1S/C27H33FN3O8PS/c1-16(2)41-24(34)17(3)30-40(36,39-20-11-9-19(10-12-20)8-7-18-5-6-18)37-15-21-23(33)27(4,28)25(38-21)31-14-13-22(32)29-26(31)35/h9-14,16-18,21,23,25,33H,5-6,15H2,1-4H3,(H,30,36)(H,29,32,35)/t17-,21+,23+,25+,27+,40?/m0/s1. The lowest BCUT2D eigenvalue weighted by Crippen LogP contribution is -2.43. The summed E-state index contributed by atoms with van der Waals surface area (Å²) in [6.07, 6.45) is -1.57. The summed E-state index contributed by atoms with van der Waals surface area (Å²) in [5.41, 5.74) is -3.35. The second-order valence-corrected chi connectivity index (χ2v) is 13.7. The molecule has 41 heavy (non-hydrogen) atoms. The van der Waals surface area contributed by atoms with Crippen LogP contribution in [0.2, 0.25) is 0 Å². The van der Waals surface area contributed by atoms with E-state index in [1.807, 2.05) is 18.8 Å². The molecule has 1 aliphatic carbocycles. The minimum Gasteiger partial charge on any atom is -0.413 e. The number of aromatic amines is 1. The highest BCUT2D eigenvalue weighted by Crippen LogP contribution is 2.47. The van der Waals surface area contributed by atoms with E-state index in [4.69, 9.17) is 13.8 Å². The van der Waals surface area contributed by atoms with Crippen LogP contribution in [0.3, 0.4) is 0 Å². The number of aliphatic hydroxyl groups excluding tert-OH is 1. The summed E-state index contributed by atoms with van der Waals surface area (Å²) in [6.45, 7) is 5.60. The van der Waals surface area contributed by atoms with Gasteiger partial charge in [-0.15, -0.1) is 0 Å². The number of rotatable bonds is 10. The Morgan fingerprint density at radius 1 is 1.29 bits per heavy atom. The maximum Gasteiger partial charge on any atom is 0.459 e. The molecular formula is C27H33FN3O8PS. The number of hydrogen-bond acceptors (Lipinski definition) is 9. The normalized spacial score (nSPS) is 26.2. The van der Waals surface area contributed by atoms with Crippen molar-refractivity contribution in [3.8, 4) is 17.6 Å². The number of halogens is 1. The number of alkyl halides is 1. The minimum absolute atomic E-state index is 0.0187. The van der Waals surface area contributed by atoms with Gasteiger partial charge in [0.05, 0.1) is 12.6 Å². The fourth-order valence-corrected chi connectivity index (χ4v) is 6.33. The van der Waals surface area contributed by atoms with Gasteiger partial charge >= 0.3 is 13.4 Å². The number of carbonyl (C=O) groups is 1. The summed E-state index contributed by atoms with van der Waals surface area (Å²) in [4.78, 5) is 38.3. The largest absolute Gasteiger partial charge is 0.459 e. The summed E-state index contributed by atoms with van der Waals surface area (Å²) in [7, 11) is -4.31. The molecule has 3 N–H and O–H groups in total. The molecule has 222 valence electrons. The molecule has 4 rings (SSSR count). The summed E-state index contributed by atoms with van der Waals surface area (Å²) in [5, 5.41) is 13.0. The van der Waals surface area contributed by atoms with Crippen molar-refractivity contribution in [3.05, 3.63) is 62.9 Å². The Labute approximate surface area is 240 Å². The number of benzene rings is 1. The molecule has 1 saturated heterocycles. The van der Waals surface area contributed by atoms with Gasteiger partial charge in [-0.2, -0.15) is 0 Å². The predicted molar refractivity (Wildman–Crippen MR) is 151 cm³/mol. The lowest BCUT2D eigenvalue weighted by atomic mass is 9.98. The van der Waals surface area contributed by atoms with E-state index in [-0.39, 0.29) is 16.1 Å². The van der Waals surface area contributed by atoms with E-state index < -0.39 is 55.7 Å². The Kier molecular flexibility index (Phi) is 9.63. The van der Waals surface area contributed by atoms with Crippen LogP contribution in [0, 0.1) is 17.8 Å². The summed E-state index contributed by atoms with van der Waals surface area (Å²) in [5.74, 6) is 6.80. The summed E-state index contributed by atoms with van der Waals surface area (Å²) < 4.78 is 47.2. The minimum atomic E-state index is -4.31. The van der Waals surface area contributed by atoms with Crippen molar-refractivity contribution in [1.29, 1.82) is 0 Å². The fourth-order valence-electron chi connectivity index (χ4n) is 4.00. The van der Waals surface area contributed by atoms with Gasteiger partial charge in [0.15, 0.2) is 11.9 Å². The van der Waals surface area contributed by atoms with Crippen molar-refractivity contribution in [3.63, 3.8) is 0 Å². The molecule has 1 unspecified atom stereocenters. The first-order chi connectivity index (χ1) is 19.3. The van der Waals surface area contributed by atoms with E-state index in [1.165, 1.54) is 6.92 Å². The molecule has 0 bridgehead atoms. The number of nitrogens with zero attached hydrogens (tertiary/aromatic N) is 1. The van der Waals surface area contributed by atoms with Crippen molar-refractivity contribution in [2.24, 2.45) is 5.92 Å². The van der Waals surface area contributed by atoms with Crippen LogP contribution in [-0.2, 0) is 18.6 Å². The van der Waals surface area contributed by atoms with Gasteiger partial charge in [0, 0.05) is 29.0 Å². The molecule has 1 saturated carbocycles. The van der Waals surface area contributed by atoms with Crippen LogP contribution >= 0.6 is 19.5 Å². The van der Waals surface area contributed by atoms with Crippen molar-refractivity contribution in [2.75, 3.05) is 6.61 Å². The quantitative estimate of drug-likeness (QED) is 0.271. The molecule has 2 heterocycles. The van der Waals surface area contributed by atoms with Gasteiger partial charge in [0.2, 0.25) is 5.12 Å². The van der Waals surface area contributed by atoms with Gasteiger partial charge in [-0.25, -0.2) is 18.8 Å². The van der Waals surface area contributed by atoms with E-state index >= 15 is 4.39 Å². The first-order valence-corrected chi connectivity index (χ1v) is 15.6. The molecule has 14 heteroatoms. The van der Waals surface area contributed by atoms with Crippen LogP contribution in [0.15, 0.2) is 46.1 Å². The van der Waals surface area contributed by atoms with Crippen LogP contribution < -0.4 is 20.9 Å². The van der Waals surface area contributed by atoms with Gasteiger partial charge in [-0.05, 0) is 51.0 Å². The number of H-pyrrole nitrogens is 1. The third-order valence-corrected chi connectivity index (χ3v) is 9.07. The van der Waals surface area contributed by atoms with E-state index in [2.05, 4.69) is 16.9 Å². The first-order valence-electron chi connectivity index (χ1n) is 13.2. The second-order valence-electron chi connectivity index (χ2n) is 10.4. The highest BCUT2D eigenvalue weighted by atomic mass is 32.2. The molecule has 11 nitrogen and oxygen atoms in total. The fraction of sp³-hybridized carbons (Fsp3) is 0.519. The van der Waals surface area contributed by atoms with Gasteiger partial charge in [0.25, 0.3) is 5.56 Å². The number of aromatic nitrogens is 2. The Morgan fingerprint density at radius 2 is 1.98 bits per heavy atom. The number of ether oxygens (including phenoxy) is 1. The molecule has 0 radical (unpaired) electrons. The van der Waals surface area contributed by atoms with E-state index in [0.29, 0.717) is 5.92 Å². The molecule has 0 amide bonds. The average molecular weight is 610 g/mol. The maximum atomic E-state index is 15.6. The van der Waals surface area contributed by atoms with Gasteiger partial charge in [-0.1, -0.05) is 37.5 Å². The van der Waals surface area contributed by atoms with Crippen LogP contribution in [0.1, 0.15) is 52.3 Å². The predicted octanol–water partition coefficient (Wildman–Crippen LogP) is 3.13. The molecular weight excluding hydrogens is 576 g/mol. The molecule has 1 aromatic carbocycles. The van der Waals surface area contributed by atoms with E-state index in [1.54, 1.807) is 24.3 Å². The lowest BCUT2D eigenvalue weighted by molar-refractivity contribution is -0.112. The van der Waals surface area contributed by atoms with Gasteiger partial charge in [-0.3, -0.25) is 23.7 Å². The monoisotopic (exact) mass is 609 g/mol. The highest BCUT2D eigenvalue weighted by Gasteiger charge is 2.56. The van der Waals surface area contributed by atoms with Gasteiger partial charge in [0.1, 0.15) is 18.0 Å². The number of carbonyl (C=O) groups excluding carboxylic acids is 1. The molecule has 1 aliphatic heterocycles. The molecule has 6 atom stereocenters. The number of aliphatic hydroxyl groups is 1. The zero-order valence-corrected chi connectivity index (χ0v) is 24.7. The van der Waals surface area contributed by atoms with Crippen molar-refractivity contribution in [2.45, 2.75) is 75.9 Å². The van der Waals surface area contributed by atoms with Crippen molar-refractivity contribution < 1.29 is 32.6 Å². The molecule has 2 aromatic rings. The zero-order chi connectivity index (χ0) is 29.9. The Morgan fingerprint density at radius 3 is 2.59 bits per heavy atom. The topological polar surface area (TPSA) is 149 Å². The highest BCUT2D eigenvalue weighted by molar-refractivity contribution is 8.14. The van der Waals surface area contributed by atoms with E-state index in [0.717, 1.165) is 53.9 Å². The Bertz CT molecular complexity index is 1480. The average Bonchev–Trinajstić information content (AvgIpc) is 3.69. The van der Waals surface area contributed by atoms with Gasteiger partial charge < -0.3 is 14.4 Å². The Balaban J connectivity index is 1.52. The smallest absolute Gasteiger partial charge is 0.413 e. The molecule has 2 fully saturated rings. The van der Waals surface area contributed by atoms with Crippen molar-refractivity contribution >= 4 is 24.6 Å². The van der Waals surface area contributed by atoms with Crippen LogP contribution in [0.25, 0.3) is 0 Å². The summed E-state index contributed by atoms with van der Waals surface area (Å²) in [6, 6.07) is 6.57. The van der Waals surface area contributed by atoms with Crippen LogP contribution in [0.4, 0.5) is 4.39 Å². The second kappa shape index (κ2) is 12.7. The number of thioether (sulfide) groups is 1. The third kappa shape index (κ3) is 7.97. The third-order valence-electron chi connectivity index (χ3n) is 6.36. The maximum absolute atomic E-state index is 15.6. The Hall–Kier alpha value is -2.72. The number of nitrogens with one attached hydrogen (secondary N) is 2. The number of hydrogen-bond donors (Lipinski definition) is 3. The first kappa shape index (κ1) is 31.2. The van der Waals surface area contributed by atoms with E-state index in [9.17, 15) is 24.1 Å².